The SMILES string of the molecule is CC1(C(N)=O)NC(=O)NC1=O. The molecule has 4 N–H and O–H groups in total. The Morgan fingerprint density at radius 2 is 2.09 bits per heavy atom. The molecular formula is C5H7N3O3. The van der Waals surface area contributed by atoms with Crippen molar-refractivity contribution in [3.8, 4) is 0 Å². The summed E-state index contributed by atoms with van der Waals surface area (Å²) >= 11 is 0. The van der Waals surface area contributed by atoms with Crippen molar-refractivity contribution >= 4 is 17.8 Å². The van der Waals surface area contributed by atoms with Gasteiger partial charge < -0.3 is 11.1 Å². The molecule has 1 aliphatic rings. The van der Waals surface area contributed by atoms with Crippen molar-refractivity contribution in [1.82, 2.24) is 10.6 Å². The van der Waals surface area contributed by atoms with Gasteiger partial charge in [-0.15, -0.1) is 0 Å². The first-order chi connectivity index (χ1) is 4.97. The average Bonchev–Trinajstić information content (AvgIpc) is 2.08. The molecule has 1 fully saturated rings. The van der Waals surface area contributed by atoms with Gasteiger partial charge in [0.05, 0.1) is 0 Å². The van der Waals surface area contributed by atoms with Crippen LogP contribution in [0, 0.1) is 0 Å². The lowest BCUT2D eigenvalue weighted by molar-refractivity contribution is -0.133. The maximum absolute atomic E-state index is 10.9. The van der Waals surface area contributed by atoms with Gasteiger partial charge in [-0.3, -0.25) is 14.9 Å². The van der Waals surface area contributed by atoms with E-state index in [0.717, 1.165) is 0 Å². The molecule has 4 amide bonds. The van der Waals surface area contributed by atoms with Gasteiger partial charge in [-0.05, 0) is 6.92 Å². The summed E-state index contributed by atoms with van der Waals surface area (Å²) in [5.74, 6) is -1.59. The van der Waals surface area contributed by atoms with Crippen LogP contribution < -0.4 is 16.4 Å². The molecule has 1 heterocycles. The fraction of sp³-hybridized carbons (Fsp3) is 0.400. The first-order valence-electron chi connectivity index (χ1n) is 2.90. The van der Waals surface area contributed by atoms with Crippen LogP contribution in [0.5, 0.6) is 0 Å². The predicted octanol–water partition coefficient (Wildman–Crippen LogP) is -1.93. The Balaban J connectivity index is 2.96. The summed E-state index contributed by atoms with van der Waals surface area (Å²) in [6.07, 6.45) is 0. The smallest absolute Gasteiger partial charge is 0.322 e. The summed E-state index contributed by atoms with van der Waals surface area (Å²) in [7, 11) is 0. The van der Waals surface area contributed by atoms with E-state index < -0.39 is 23.4 Å². The van der Waals surface area contributed by atoms with E-state index in [1.165, 1.54) is 6.92 Å². The molecule has 6 heteroatoms. The largest absolute Gasteiger partial charge is 0.367 e. The molecule has 0 aromatic heterocycles. The van der Waals surface area contributed by atoms with Gasteiger partial charge in [0.15, 0.2) is 5.54 Å². The van der Waals surface area contributed by atoms with Crippen LogP contribution in [-0.4, -0.2) is 23.4 Å². The molecule has 1 unspecified atom stereocenters. The van der Waals surface area contributed by atoms with Gasteiger partial charge in [0.1, 0.15) is 0 Å². The van der Waals surface area contributed by atoms with E-state index in [1.807, 2.05) is 5.32 Å². The third-order valence-electron chi connectivity index (χ3n) is 1.54. The summed E-state index contributed by atoms with van der Waals surface area (Å²) in [4.78, 5) is 32.0. The molecule has 6 nitrogen and oxygen atoms in total. The molecule has 0 radical (unpaired) electrons. The molecule has 60 valence electrons. The van der Waals surface area contributed by atoms with Crippen LogP contribution in [0.2, 0.25) is 0 Å². The van der Waals surface area contributed by atoms with Crippen LogP contribution in [0.3, 0.4) is 0 Å². The molecule has 0 bridgehead atoms. The van der Waals surface area contributed by atoms with Gasteiger partial charge >= 0.3 is 6.03 Å². The van der Waals surface area contributed by atoms with Crippen molar-refractivity contribution in [1.29, 1.82) is 0 Å². The number of nitrogens with one attached hydrogen (secondary N) is 2. The highest BCUT2D eigenvalue weighted by molar-refractivity contribution is 6.19. The zero-order valence-corrected chi connectivity index (χ0v) is 5.80. The third-order valence-corrected chi connectivity index (χ3v) is 1.54. The molecular weight excluding hydrogens is 150 g/mol. The van der Waals surface area contributed by atoms with Crippen molar-refractivity contribution in [3.05, 3.63) is 0 Å². The highest BCUT2D eigenvalue weighted by atomic mass is 16.2. The summed E-state index contributed by atoms with van der Waals surface area (Å²) in [5.41, 5.74) is 3.28. The highest BCUT2D eigenvalue weighted by Crippen LogP contribution is 2.07. The van der Waals surface area contributed by atoms with E-state index in [2.05, 4.69) is 5.32 Å². The highest BCUT2D eigenvalue weighted by Gasteiger charge is 2.46. The lowest BCUT2D eigenvalue weighted by atomic mass is 10.0. The molecule has 0 aromatic rings. The van der Waals surface area contributed by atoms with Crippen molar-refractivity contribution < 1.29 is 14.4 Å². The van der Waals surface area contributed by atoms with E-state index in [0.29, 0.717) is 0 Å². The maximum atomic E-state index is 10.9. The number of primary amides is 1. The van der Waals surface area contributed by atoms with Gasteiger partial charge in [0.2, 0.25) is 0 Å². The minimum absolute atomic E-state index is 0.698. The van der Waals surface area contributed by atoms with Crippen LogP contribution in [-0.2, 0) is 9.59 Å². The number of carbonyl (C=O) groups is 3. The van der Waals surface area contributed by atoms with E-state index in [4.69, 9.17) is 5.73 Å². The van der Waals surface area contributed by atoms with E-state index in [9.17, 15) is 14.4 Å². The first kappa shape index (κ1) is 7.52. The lowest BCUT2D eigenvalue weighted by Crippen LogP contribution is -2.54. The summed E-state index contributed by atoms with van der Waals surface area (Å²) in [5, 5.41) is 4.00. The molecule has 11 heavy (non-hydrogen) atoms. The second-order valence-corrected chi connectivity index (χ2v) is 2.40. The van der Waals surface area contributed by atoms with E-state index >= 15 is 0 Å². The van der Waals surface area contributed by atoms with Crippen LogP contribution in [0.25, 0.3) is 0 Å². The standard InChI is InChI=1S/C5H7N3O3/c1-5(2(6)9)3(10)7-4(11)8-5/h1H3,(H2,6,9)(H2,7,8,10,11). The first-order valence-corrected chi connectivity index (χ1v) is 2.90. The molecule has 1 saturated heterocycles. The number of nitrogens with two attached hydrogens (primary N) is 1. The molecule has 0 spiro atoms. The molecule has 0 aliphatic carbocycles. The number of carbonyl (C=O) groups excluding carboxylic acids is 3. The van der Waals surface area contributed by atoms with Gasteiger partial charge in [0.25, 0.3) is 11.8 Å². The van der Waals surface area contributed by atoms with Crippen LogP contribution in [0.15, 0.2) is 0 Å². The van der Waals surface area contributed by atoms with Crippen molar-refractivity contribution in [2.45, 2.75) is 12.5 Å². The number of urea groups is 1. The van der Waals surface area contributed by atoms with Crippen LogP contribution in [0.1, 0.15) is 6.92 Å². The summed E-state index contributed by atoms with van der Waals surface area (Å²) < 4.78 is 0. The molecule has 0 saturated carbocycles. The third kappa shape index (κ3) is 0.917. The number of hydrogen-bond donors (Lipinski definition) is 3. The predicted molar refractivity (Wildman–Crippen MR) is 34.3 cm³/mol. The Labute approximate surface area is 62.1 Å². The monoisotopic (exact) mass is 157 g/mol. The number of amides is 4. The topological polar surface area (TPSA) is 101 Å². The number of rotatable bonds is 1. The van der Waals surface area contributed by atoms with Gasteiger partial charge in [-0.1, -0.05) is 0 Å². The van der Waals surface area contributed by atoms with Gasteiger partial charge in [0, 0.05) is 0 Å². The average molecular weight is 157 g/mol. The van der Waals surface area contributed by atoms with Gasteiger partial charge in [-0.2, -0.15) is 0 Å². The minimum Gasteiger partial charge on any atom is -0.367 e. The van der Waals surface area contributed by atoms with E-state index in [-0.39, 0.29) is 0 Å². The summed E-state index contributed by atoms with van der Waals surface area (Å²) in [6, 6.07) is -0.698. The Morgan fingerprint density at radius 3 is 2.27 bits per heavy atom. The van der Waals surface area contributed by atoms with Crippen molar-refractivity contribution in [3.63, 3.8) is 0 Å². The summed E-state index contributed by atoms with van der Waals surface area (Å²) in [6.45, 7) is 1.25. The molecule has 1 aliphatic heterocycles. The van der Waals surface area contributed by atoms with Crippen LogP contribution in [0.4, 0.5) is 4.79 Å². The number of hydrogen-bond acceptors (Lipinski definition) is 3. The zero-order chi connectivity index (χ0) is 8.65. The van der Waals surface area contributed by atoms with Gasteiger partial charge in [-0.25, -0.2) is 4.79 Å². The zero-order valence-electron chi connectivity index (χ0n) is 5.80. The second-order valence-electron chi connectivity index (χ2n) is 2.40. The maximum Gasteiger partial charge on any atom is 0.322 e. The minimum atomic E-state index is -1.59. The molecule has 1 rings (SSSR count). The Kier molecular flexibility index (Phi) is 1.33. The van der Waals surface area contributed by atoms with E-state index in [1.54, 1.807) is 0 Å². The normalized spacial score (nSPS) is 29.5. The van der Waals surface area contributed by atoms with Crippen molar-refractivity contribution in [2.24, 2.45) is 5.73 Å². The quantitative estimate of drug-likeness (QED) is 0.305. The fourth-order valence-electron chi connectivity index (χ4n) is 0.717. The Bertz CT molecular complexity index is 249. The van der Waals surface area contributed by atoms with Crippen LogP contribution >= 0.6 is 0 Å². The molecule has 0 aromatic carbocycles. The Morgan fingerprint density at radius 1 is 1.55 bits per heavy atom. The second kappa shape index (κ2) is 1.94. The lowest BCUT2D eigenvalue weighted by Gasteiger charge is -2.14. The number of imide groups is 1. The fourth-order valence-corrected chi connectivity index (χ4v) is 0.717. The van der Waals surface area contributed by atoms with Crippen molar-refractivity contribution in [2.75, 3.05) is 0 Å². The Hall–Kier alpha value is -1.59. The molecule has 1 atom stereocenters.